The number of nitrogen functional groups attached to an aromatic ring is 1. The van der Waals surface area contributed by atoms with Crippen molar-refractivity contribution in [2.75, 3.05) is 17.2 Å². The van der Waals surface area contributed by atoms with Crippen LogP contribution in [-0.2, 0) is 0 Å². The summed E-state index contributed by atoms with van der Waals surface area (Å²) >= 11 is 4.03. The Bertz CT molecular complexity index is 282. The molecule has 1 aliphatic heterocycles. The summed E-state index contributed by atoms with van der Waals surface area (Å²) in [7, 11) is 0. The Balaban J connectivity index is 2.18. The second-order valence-corrected chi connectivity index (χ2v) is 5.78. The Morgan fingerprint density at radius 1 is 1.15 bits per heavy atom. The highest BCUT2D eigenvalue weighted by atomic mass is 32.2. The Morgan fingerprint density at radius 2 is 1.85 bits per heavy atom. The van der Waals surface area contributed by atoms with Gasteiger partial charge in [0.15, 0.2) is 0 Å². The zero-order valence-corrected chi connectivity index (χ0v) is 9.03. The zero-order chi connectivity index (χ0) is 9.10. The summed E-state index contributed by atoms with van der Waals surface area (Å²) in [6, 6.07) is 8.20. The topological polar surface area (TPSA) is 26.0 Å². The highest BCUT2D eigenvalue weighted by molar-refractivity contribution is 8.16. The fraction of sp³-hybridized carbons (Fsp3) is 0.400. The van der Waals surface area contributed by atoms with E-state index in [-0.39, 0.29) is 0 Å². The average Bonchev–Trinajstić information content (AvgIpc) is 2.20. The zero-order valence-electron chi connectivity index (χ0n) is 7.40. The van der Waals surface area contributed by atoms with Crippen LogP contribution < -0.4 is 5.73 Å². The summed E-state index contributed by atoms with van der Waals surface area (Å²) in [6.07, 6.45) is 1.33. The molecule has 0 bridgehead atoms. The molecule has 2 N–H and O–H groups in total. The minimum atomic E-state index is 0.565. The normalized spacial score (nSPS) is 18.8. The molecular formula is C10H13NS2. The van der Waals surface area contributed by atoms with E-state index in [0.717, 1.165) is 5.69 Å². The maximum absolute atomic E-state index is 5.92. The third-order valence-corrected chi connectivity index (χ3v) is 5.06. The van der Waals surface area contributed by atoms with E-state index in [1.165, 1.54) is 23.5 Å². The molecule has 1 nitrogen and oxygen atoms in total. The first kappa shape index (κ1) is 9.28. The van der Waals surface area contributed by atoms with Crippen LogP contribution in [0.4, 0.5) is 5.69 Å². The van der Waals surface area contributed by atoms with Crippen LogP contribution in [0.1, 0.15) is 16.6 Å². The van der Waals surface area contributed by atoms with Crippen LogP contribution in [-0.4, -0.2) is 11.5 Å². The Morgan fingerprint density at radius 3 is 2.54 bits per heavy atom. The Hall–Kier alpha value is -0.280. The summed E-state index contributed by atoms with van der Waals surface area (Å²) in [5.74, 6) is 2.54. The monoisotopic (exact) mass is 211 g/mol. The summed E-state index contributed by atoms with van der Waals surface area (Å²) in [4.78, 5) is 0. The Labute approximate surface area is 87.5 Å². The highest BCUT2D eigenvalue weighted by Crippen LogP contribution is 2.45. The van der Waals surface area contributed by atoms with Gasteiger partial charge < -0.3 is 5.73 Å². The molecule has 1 aliphatic rings. The van der Waals surface area contributed by atoms with Crippen molar-refractivity contribution in [2.45, 2.75) is 11.0 Å². The van der Waals surface area contributed by atoms with E-state index in [9.17, 15) is 0 Å². The molecule has 0 aliphatic carbocycles. The second kappa shape index (κ2) is 4.29. The Kier molecular flexibility index (Phi) is 3.06. The maximum atomic E-state index is 5.92. The molecule has 0 radical (unpaired) electrons. The average molecular weight is 211 g/mol. The lowest BCUT2D eigenvalue weighted by Crippen LogP contribution is -2.02. The van der Waals surface area contributed by atoms with Gasteiger partial charge in [0.25, 0.3) is 0 Å². The second-order valence-electron chi connectivity index (χ2n) is 3.06. The molecule has 2 rings (SSSR count). The third-order valence-electron chi connectivity index (χ3n) is 2.08. The van der Waals surface area contributed by atoms with Gasteiger partial charge in [0.05, 0.1) is 4.58 Å². The van der Waals surface area contributed by atoms with Crippen molar-refractivity contribution in [2.24, 2.45) is 0 Å². The number of nitrogens with two attached hydrogens (primary N) is 1. The van der Waals surface area contributed by atoms with E-state index < -0.39 is 0 Å². The van der Waals surface area contributed by atoms with Gasteiger partial charge >= 0.3 is 0 Å². The van der Waals surface area contributed by atoms with E-state index >= 15 is 0 Å². The van der Waals surface area contributed by atoms with E-state index in [0.29, 0.717) is 4.58 Å². The van der Waals surface area contributed by atoms with Crippen molar-refractivity contribution in [1.29, 1.82) is 0 Å². The molecule has 1 saturated heterocycles. The van der Waals surface area contributed by atoms with Crippen LogP contribution in [0.25, 0.3) is 0 Å². The summed E-state index contributed by atoms with van der Waals surface area (Å²) in [5.41, 5.74) is 8.17. The van der Waals surface area contributed by atoms with Gasteiger partial charge in [-0.05, 0) is 29.6 Å². The van der Waals surface area contributed by atoms with Gasteiger partial charge in [0.1, 0.15) is 0 Å². The van der Waals surface area contributed by atoms with Gasteiger partial charge in [-0.3, -0.25) is 0 Å². The quantitative estimate of drug-likeness (QED) is 0.723. The molecule has 0 unspecified atom stereocenters. The number of benzene rings is 1. The number of anilines is 1. The first-order valence-corrected chi connectivity index (χ1v) is 6.55. The number of hydrogen-bond donors (Lipinski definition) is 1. The summed E-state index contributed by atoms with van der Waals surface area (Å²) in [6.45, 7) is 0. The SMILES string of the molecule is Nc1ccccc1C1SCCCS1. The first-order valence-electron chi connectivity index (χ1n) is 4.45. The van der Waals surface area contributed by atoms with Crippen LogP contribution in [0, 0.1) is 0 Å². The third kappa shape index (κ3) is 2.15. The molecule has 0 saturated carbocycles. The lowest BCUT2D eigenvalue weighted by atomic mass is 10.2. The van der Waals surface area contributed by atoms with E-state index in [1.807, 2.05) is 35.7 Å². The highest BCUT2D eigenvalue weighted by Gasteiger charge is 2.17. The van der Waals surface area contributed by atoms with E-state index in [2.05, 4.69) is 12.1 Å². The standard InChI is InChI=1S/C10H13NS2/c11-9-5-2-1-4-8(9)10-12-6-3-7-13-10/h1-2,4-5,10H,3,6-7,11H2. The maximum Gasteiger partial charge on any atom is 0.0771 e. The predicted octanol–water partition coefficient (Wildman–Crippen LogP) is 3.14. The van der Waals surface area contributed by atoms with Crippen LogP contribution in [0.2, 0.25) is 0 Å². The largest absolute Gasteiger partial charge is 0.398 e. The molecule has 1 aromatic carbocycles. The molecule has 0 aromatic heterocycles. The van der Waals surface area contributed by atoms with Crippen LogP contribution >= 0.6 is 23.5 Å². The predicted molar refractivity (Wildman–Crippen MR) is 63.1 cm³/mol. The van der Waals surface area contributed by atoms with Crippen molar-refractivity contribution < 1.29 is 0 Å². The van der Waals surface area contributed by atoms with Crippen LogP contribution in [0.3, 0.4) is 0 Å². The molecular weight excluding hydrogens is 198 g/mol. The van der Waals surface area contributed by atoms with Gasteiger partial charge in [-0.1, -0.05) is 18.2 Å². The van der Waals surface area contributed by atoms with Gasteiger partial charge in [-0.25, -0.2) is 0 Å². The minimum absolute atomic E-state index is 0.565. The smallest absolute Gasteiger partial charge is 0.0771 e. The number of para-hydroxylation sites is 1. The molecule has 1 heterocycles. The molecule has 1 aromatic rings. The number of hydrogen-bond acceptors (Lipinski definition) is 3. The van der Waals surface area contributed by atoms with Crippen LogP contribution in [0.5, 0.6) is 0 Å². The summed E-state index contributed by atoms with van der Waals surface area (Å²) < 4.78 is 0.565. The fourth-order valence-electron chi connectivity index (χ4n) is 1.39. The van der Waals surface area contributed by atoms with Crippen LogP contribution in [0.15, 0.2) is 24.3 Å². The molecule has 70 valence electrons. The number of rotatable bonds is 1. The molecule has 0 spiro atoms. The van der Waals surface area contributed by atoms with Crippen molar-refractivity contribution in [3.05, 3.63) is 29.8 Å². The van der Waals surface area contributed by atoms with Crippen molar-refractivity contribution in [1.82, 2.24) is 0 Å². The lowest BCUT2D eigenvalue weighted by Gasteiger charge is -2.22. The molecule has 13 heavy (non-hydrogen) atoms. The minimum Gasteiger partial charge on any atom is -0.398 e. The van der Waals surface area contributed by atoms with Crippen molar-refractivity contribution >= 4 is 29.2 Å². The summed E-state index contributed by atoms with van der Waals surface area (Å²) in [5, 5.41) is 0. The van der Waals surface area contributed by atoms with Gasteiger partial charge in [-0.2, -0.15) is 0 Å². The van der Waals surface area contributed by atoms with Crippen molar-refractivity contribution in [3.8, 4) is 0 Å². The van der Waals surface area contributed by atoms with E-state index in [4.69, 9.17) is 5.73 Å². The molecule has 0 atom stereocenters. The molecule has 3 heteroatoms. The van der Waals surface area contributed by atoms with Gasteiger partial charge in [0.2, 0.25) is 0 Å². The van der Waals surface area contributed by atoms with E-state index in [1.54, 1.807) is 0 Å². The van der Waals surface area contributed by atoms with Gasteiger partial charge in [0, 0.05) is 5.69 Å². The lowest BCUT2D eigenvalue weighted by molar-refractivity contribution is 1.10. The molecule has 1 fully saturated rings. The molecule has 0 amide bonds. The number of thioether (sulfide) groups is 2. The fourth-order valence-corrected chi connectivity index (χ4v) is 4.38. The first-order chi connectivity index (χ1) is 6.38. The van der Waals surface area contributed by atoms with Gasteiger partial charge in [-0.15, -0.1) is 23.5 Å². The van der Waals surface area contributed by atoms with Crippen molar-refractivity contribution in [3.63, 3.8) is 0 Å².